The Hall–Kier alpha value is -7.01. The lowest BCUT2D eigenvalue weighted by atomic mass is 10.1. The molecule has 3 heterocycles. The van der Waals surface area contributed by atoms with E-state index in [0.29, 0.717) is 16.4 Å². The molecule has 0 saturated carbocycles. The van der Waals surface area contributed by atoms with Gasteiger partial charge in [0, 0.05) is 6.07 Å². The highest BCUT2D eigenvalue weighted by Crippen LogP contribution is 2.29. The first-order chi connectivity index (χ1) is 26.1. The summed E-state index contributed by atoms with van der Waals surface area (Å²) in [6.45, 7) is 0.175. The molecular formula is C37H33N7O9S. The van der Waals surface area contributed by atoms with Crippen molar-refractivity contribution < 1.29 is 41.8 Å². The van der Waals surface area contributed by atoms with Gasteiger partial charge in [0.1, 0.15) is 37.4 Å². The number of nitrogens with zero attached hydrogens (tertiary/aromatic N) is 3. The molecule has 1 aliphatic rings. The number of likely N-dealkylation sites (tertiary alicyclic amines) is 1. The number of amides is 5. The fourth-order valence-corrected chi connectivity index (χ4v) is 5.71. The quantitative estimate of drug-likeness (QED) is 0.117. The van der Waals surface area contributed by atoms with E-state index in [1.165, 1.54) is 30.6 Å². The number of alkyl carbamates (subject to hydrolysis) is 1. The van der Waals surface area contributed by atoms with Crippen LogP contribution in [0, 0.1) is 0 Å². The van der Waals surface area contributed by atoms with Crippen LogP contribution in [0.2, 0.25) is 0 Å². The first-order valence-corrected chi connectivity index (χ1v) is 17.8. The second kappa shape index (κ2) is 17.0. The van der Waals surface area contributed by atoms with E-state index >= 15 is 0 Å². The standard InChI is InChI=1S/C37H33N7O9S/c45-34(29-18-31(51-22-25-10-4-1-5-11-25)32(20-38-29)52-23-26-12-6-2-7-13-26)40-28-16-17-33(39-19-28)42-54(49,50)43-36(47)44-21-30(35(44)46)41-37(48)53-24-27-14-8-3-9-15-27/h1-20,30H,21-24H2,(H,39,42)(H,40,45)(H,41,48)(H,43,47)/t30-/m0/s1. The van der Waals surface area contributed by atoms with E-state index in [4.69, 9.17) is 14.2 Å². The monoisotopic (exact) mass is 751 g/mol. The van der Waals surface area contributed by atoms with Gasteiger partial charge in [-0.25, -0.2) is 24.3 Å². The van der Waals surface area contributed by atoms with Crippen LogP contribution in [0.15, 0.2) is 122 Å². The maximum Gasteiger partial charge on any atom is 0.408 e. The van der Waals surface area contributed by atoms with Crippen LogP contribution in [0.4, 0.5) is 21.1 Å². The lowest BCUT2D eigenvalue weighted by Gasteiger charge is -2.36. The molecule has 16 nitrogen and oxygen atoms in total. The number of rotatable bonds is 14. The third-order valence-corrected chi connectivity index (χ3v) is 8.62. The van der Waals surface area contributed by atoms with E-state index in [1.807, 2.05) is 66.7 Å². The number of nitrogens with one attached hydrogen (secondary N) is 4. The molecule has 0 spiro atoms. The van der Waals surface area contributed by atoms with Crippen LogP contribution < -0.4 is 29.6 Å². The van der Waals surface area contributed by atoms with Crippen molar-refractivity contribution in [3.05, 3.63) is 144 Å². The number of pyridine rings is 2. The number of hydrogen-bond acceptors (Lipinski definition) is 11. The lowest BCUT2D eigenvalue weighted by molar-refractivity contribution is -0.139. The molecular weight excluding hydrogens is 719 g/mol. The molecule has 3 aromatic carbocycles. The van der Waals surface area contributed by atoms with Crippen LogP contribution in [0.25, 0.3) is 0 Å². The highest BCUT2D eigenvalue weighted by atomic mass is 32.2. The van der Waals surface area contributed by atoms with Gasteiger partial charge in [-0.15, -0.1) is 0 Å². The van der Waals surface area contributed by atoms with Crippen molar-refractivity contribution in [1.82, 2.24) is 24.9 Å². The zero-order valence-corrected chi connectivity index (χ0v) is 29.2. The molecule has 1 atom stereocenters. The van der Waals surface area contributed by atoms with Crippen molar-refractivity contribution in [3.63, 3.8) is 0 Å². The van der Waals surface area contributed by atoms with Gasteiger partial charge in [0.2, 0.25) is 0 Å². The molecule has 54 heavy (non-hydrogen) atoms. The van der Waals surface area contributed by atoms with Crippen molar-refractivity contribution in [1.29, 1.82) is 0 Å². The van der Waals surface area contributed by atoms with Crippen molar-refractivity contribution in [2.24, 2.45) is 0 Å². The SMILES string of the molecule is O=C(N[C@H]1CN(C(=O)NS(=O)(=O)Nc2ccc(NC(=O)c3cc(OCc4ccccc4)c(OCc4ccccc4)cn3)cn2)C1=O)OCc1ccccc1. The summed E-state index contributed by atoms with van der Waals surface area (Å²) in [4.78, 5) is 58.9. The van der Waals surface area contributed by atoms with E-state index in [0.717, 1.165) is 16.7 Å². The van der Waals surface area contributed by atoms with E-state index in [-0.39, 0.29) is 43.6 Å². The van der Waals surface area contributed by atoms with Gasteiger partial charge in [0.15, 0.2) is 11.5 Å². The normalized spacial score (nSPS) is 13.5. The minimum Gasteiger partial charge on any atom is -0.485 e. The number of aromatic nitrogens is 2. The zero-order valence-electron chi connectivity index (χ0n) is 28.4. The molecule has 0 unspecified atom stereocenters. The number of carbonyl (C=O) groups excluding carboxylic acids is 4. The highest BCUT2D eigenvalue weighted by molar-refractivity contribution is 7.91. The minimum atomic E-state index is -4.54. The summed E-state index contributed by atoms with van der Waals surface area (Å²) in [5, 5.41) is 4.96. The van der Waals surface area contributed by atoms with E-state index in [1.54, 1.807) is 29.0 Å². The molecule has 4 N–H and O–H groups in total. The number of β-lactam (4-membered cyclic amide) rings is 1. The second-order valence-electron chi connectivity index (χ2n) is 11.7. The molecule has 6 rings (SSSR count). The van der Waals surface area contributed by atoms with Crippen molar-refractivity contribution in [3.8, 4) is 11.5 Å². The predicted molar refractivity (Wildman–Crippen MR) is 194 cm³/mol. The summed E-state index contributed by atoms with van der Waals surface area (Å²) >= 11 is 0. The third kappa shape index (κ3) is 10.1. The summed E-state index contributed by atoms with van der Waals surface area (Å²) in [5.41, 5.74) is 2.80. The van der Waals surface area contributed by atoms with Gasteiger partial charge in [-0.2, -0.15) is 8.42 Å². The average Bonchev–Trinajstić information content (AvgIpc) is 3.18. The van der Waals surface area contributed by atoms with E-state index < -0.39 is 40.2 Å². The summed E-state index contributed by atoms with van der Waals surface area (Å²) in [7, 11) is -4.54. The topological polar surface area (TPSA) is 207 Å². The third-order valence-electron chi connectivity index (χ3n) is 7.70. The molecule has 17 heteroatoms. The van der Waals surface area contributed by atoms with Gasteiger partial charge in [0.25, 0.3) is 11.8 Å². The Morgan fingerprint density at radius 3 is 1.91 bits per heavy atom. The number of carbonyl (C=O) groups is 4. The molecule has 0 bridgehead atoms. The summed E-state index contributed by atoms with van der Waals surface area (Å²) in [6, 6.07) is 29.7. The average molecular weight is 752 g/mol. The van der Waals surface area contributed by atoms with Crippen LogP contribution >= 0.6 is 0 Å². The predicted octanol–water partition coefficient (Wildman–Crippen LogP) is 4.39. The molecule has 1 fully saturated rings. The van der Waals surface area contributed by atoms with Gasteiger partial charge in [-0.3, -0.25) is 19.2 Å². The summed E-state index contributed by atoms with van der Waals surface area (Å²) in [5.74, 6) is -0.984. The number of urea groups is 1. The molecule has 0 radical (unpaired) electrons. The maximum atomic E-state index is 13.1. The molecule has 0 aliphatic carbocycles. The molecule has 276 valence electrons. The molecule has 1 saturated heterocycles. The Morgan fingerprint density at radius 2 is 1.33 bits per heavy atom. The number of anilines is 2. The Bertz CT molecular complexity index is 2210. The van der Waals surface area contributed by atoms with Gasteiger partial charge in [-0.05, 0) is 28.8 Å². The minimum absolute atomic E-state index is 0.0136. The van der Waals surface area contributed by atoms with Crippen LogP contribution in [-0.4, -0.2) is 59.8 Å². The van der Waals surface area contributed by atoms with Crippen LogP contribution in [-0.2, 0) is 39.6 Å². The number of imide groups is 1. The fourth-order valence-electron chi connectivity index (χ4n) is 4.92. The number of benzene rings is 3. The largest absolute Gasteiger partial charge is 0.485 e. The van der Waals surface area contributed by atoms with Gasteiger partial charge < -0.3 is 24.8 Å². The van der Waals surface area contributed by atoms with Crippen molar-refractivity contribution in [2.75, 3.05) is 16.6 Å². The molecule has 5 aromatic rings. The van der Waals surface area contributed by atoms with Gasteiger partial charge in [-0.1, -0.05) is 91.0 Å². The Balaban J connectivity index is 1.00. The Labute approximate surface area is 309 Å². The molecule has 1 aliphatic heterocycles. The van der Waals surface area contributed by atoms with Gasteiger partial charge in [0.05, 0.1) is 24.6 Å². The molecule has 2 aromatic heterocycles. The molecule has 5 amide bonds. The summed E-state index contributed by atoms with van der Waals surface area (Å²) < 4.78 is 46.0. The fraction of sp³-hybridized carbons (Fsp3) is 0.135. The van der Waals surface area contributed by atoms with Crippen molar-refractivity contribution >= 4 is 45.7 Å². The van der Waals surface area contributed by atoms with Crippen LogP contribution in [0.5, 0.6) is 11.5 Å². The Kier molecular flexibility index (Phi) is 11.6. The maximum absolute atomic E-state index is 13.1. The zero-order chi connectivity index (χ0) is 37.9. The highest BCUT2D eigenvalue weighted by Gasteiger charge is 2.43. The van der Waals surface area contributed by atoms with Crippen LogP contribution in [0.3, 0.4) is 0 Å². The van der Waals surface area contributed by atoms with Crippen LogP contribution in [0.1, 0.15) is 27.2 Å². The number of ether oxygens (including phenoxy) is 3. The summed E-state index contributed by atoms with van der Waals surface area (Å²) in [6.07, 6.45) is 1.72. The Morgan fingerprint density at radius 1 is 0.741 bits per heavy atom. The van der Waals surface area contributed by atoms with E-state index in [2.05, 4.69) is 25.3 Å². The number of hydrogen-bond donors (Lipinski definition) is 4. The smallest absolute Gasteiger partial charge is 0.408 e. The first kappa shape index (κ1) is 36.8. The van der Waals surface area contributed by atoms with Crippen molar-refractivity contribution in [2.45, 2.75) is 25.9 Å². The second-order valence-corrected chi connectivity index (χ2v) is 13.1. The lowest BCUT2D eigenvalue weighted by Crippen LogP contribution is -2.67. The van der Waals surface area contributed by atoms with E-state index in [9.17, 15) is 27.6 Å². The van der Waals surface area contributed by atoms with Gasteiger partial charge >= 0.3 is 22.3 Å². The first-order valence-electron chi connectivity index (χ1n) is 16.4.